The number of rotatable bonds is 4. The Labute approximate surface area is 203 Å². The van der Waals surface area contributed by atoms with E-state index in [0.717, 1.165) is 4.90 Å². The lowest BCUT2D eigenvalue weighted by atomic mass is 9.84. The van der Waals surface area contributed by atoms with Crippen molar-refractivity contribution in [3.63, 3.8) is 0 Å². The highest BCUT2D eigenvalue weighted by Crippen LogP contribution is 2.43. The standard InChI is InChI=1S/C21H24N8O7/c22-18-26-16-10(6-28-13(30)4-5-14(28)31)24-19(23)29-7-12(21(33,34)20(16,29)27-18)25-17(32)9-2-1-3-11-15(9)36-8-35-11/h1-3,10,12,16,33-34H,4-8H2,(H2,23,24)(H,25,32)(H3,22,26,27)/t10?,12?,16?,20-/m1/s1. The van der Waals surface area contributed by atoms with Gasteiger partial charge in [0.2, 0.25) is 24.4 Å². The smallest absolute Gasteiger partial charge is 0.255 e. The summed E-state index contributed by atoms with van der Waals surface area (Å²) in [4.78, 5) is 39.9. The molecule has 15 heteroatoms. The molecule has 0 aromatic heterocycles. The van der Waals surface area contributed by atoms with Crippen LogP contribution in [0.4, 0.5) is 0 Å². The van der Waals surface area contributed by atoms with Crippen LogP contribution in [0.2, 0.25) is 0 Å². The van der Waals surface area contributed by atoms with Crippen LogP contribution in [0.15, 0.2) is 18.2 Å². The van der Waals surface area contributed by atoms with E-state index in [0.29, 0.717) is 5.75 Å². The molecule has 4 atom stereocenters. The van der Waals surface area contributed by atoms with Crippen molar-refractivity contribution in [2.24, 2.45) is 0 Å². The van der Waals surface area contributed by atoms with Gasteiger partial charge in [-0.2, -0.15) is 0 Å². The molecule has 5 aliphatic rings. The number of benzene rings is 1. The molecule has 0 saturated carbocycles. The Morgan fingerprint density at radius 2 is 1.92 bits per heavy atom. The molecule has 5 aliphatic heterocycles. The molecule has 0 bridgehead atoms. The second kappa shape index (κ2) is 7.44. The molecule has 3 unspecified atom stereocenters. The molecule has 6 rings (SSSR count). The van der Waals surface area contributed by atoms with E-state index < -0.39 is 35.5 Å². The van der Waals surface area contributed by atoms with E-state index in [-0.39, 0.29) is 67.8 Å². The summed E-state index contributed by atoms with van der Waals surface area (Å²) < 4.78 is 10.7. The summed E-state index contributed by atoms with van der Waals surface area (Å²) in [6, 6.07) is 1.67. The van der Waals surface area contributed by atoms with Gasteiger partial charge in [-0.3, -0.25) is 30.1 Å². The van der Waals surface area contributed by atoms with Gasteiger partial charge in [0.15, 0.2) is 29.1 Å². The zero-order valence-corrected chi connectivity index (χ0v) is 18.8. The van der Waals surface area contributed by atoms with E-state index in [2.05, 4.69) is 21.3 Å². The first kappa shape index (κ1) is 22.4. The van der Waals surface area contributed by atoms with E-state index in [1.807, 2.05) is 0 Å². The van der Waals surface area contributed by atoms with Crippen LogP contribution in [0.5, 0.6) is 11.5 Å². The first-order chi connectivity index (χ1) is 17.1. The SMILES string of the molecule is N=C1NC2C(CN3C(=O)CCC3=O)NC(=N)N3CC(NC(=O)c4cccc5c4OCO5)C(O)(O)[C@@]23N1. The molecular weight excluding hydrogens is 476 g/mol. The molecule has 1 aromatic rings. The number of hydrogen-bond donors (Lipinski definition) is 8. The van der Waals surface area contributed by atoms with Gasteiger partial charge in [0.05, 0.1) is 24.2 Å². The number of hydrogen-bond acceptors (Lipinski definition) is 9. The average Bonchev–Trinajstić information content (AvgIpc) is 3.57. The van der Waals surface area contributed by atoms with E-state index in [4.69, 9.17) is 20.3 Å². The molecule has 36 heavy (non-hydrogen) atoms. The molecule has 190 valence electrons. The molecule has 1 spiro atoms. The monoisotopic (exact) mass is 500 g/mol. The summed E-state index contributed by atoms with van der Waals surface area (Å²) in [6.45, 7) is -0.373. The number of carbonyl (C=O) groups excluding carboxylic acids is 3. The van der Waals surface area contributed by atoms with Gasteiger partial charge in [-0.05, 0) is 12.1 Å². The van der Waals surface area contributed by atoms with E-state index in [1.165, 1.54) is 11.0 Å². The van der Waals surface area contributed by atoms with E-state index >= 15 is 0 Å². The number of fused-ring (bicyclic) bond motifs is 1. The van der Waals surface area contributed by atoms with Crippen molar-refractivity contribution in [2.75, 3.05) is 19.9 Å². The third-order valence-corrected chi connectivity index (χ3v) is 7.38. The molecule has 15 nitrogen and oxygen atoms in total. The van der Waals surface area contributed by atoms with Crippen molar-refractivity contribution in [3.8, 4) is 11.5 Å². The third-order valence-electron chi connectivity index (χ3n) is 7.38. The number of nitrogens with zero attached hydrogens (tertiary/aromatic N) is 2. The van der Waals surface area contributed by atoms with Gasteiger partial charge >= 0.3 is 0 Å². The van der Waals surface area contributed by atoms with Gasteiger partial charge in [0.1, 0.15) is 6.04 Å². The normalized spacial score (nSPS) is 31.6. The second-order valence-electron chi connectivity index (χ2n) is 9.29. The Bertz CT molecular complexity index is 1200. The number of para-hydroxylation sites is 1. The van der Waals surface area contributed by atoms with Crippen LogP contribution in [0.1, 0.15) is 23.2 Å². The Kier molecular flexibility index (Phi) is 4.62. The number of ether oxygens (including phenoxy) is 2. The van der Waals surface area contributed by atoms with E-state index in [1.54, 1.807) is 12.1 Å². The fourth-order valence-corrected chi connectivity index (χ4v) is 5.70. The number of carbonyl (C=O) groups is 3. The summed E-state index contributed by atoms with van der Waals surface area (Å²) >= 11 is 0. The van der Waals surface area contributed by atoms with Crippen molar-refractivity contribution in [1.82, 2.24) is 31.1 Å². The maximum atomic E-state index is 13.1. The Balaban J connectivity index is 1.31. The van der Waals surface area contributed by atoms with Gasteiger partial charge < -0.3 is 45.9 Å². The van der Waals surface area contributed by atoms with Crippen LogP contribution in [-0.2, 0) is 9.59 Å². The summed E-state index contributed by atoms with van der Waals surface area (Å²) in [5.41, 5.74) is -1.71. The third kappa shape index (κ3) is 2.89. The minimum atomic E-state index is -2.69. The van der Waals surface area contributed by atoms with Crippen molar-refractivity contribution in [1.29, 1.82) is 10.8 Å². The molecule has 5 heterocycles. The average molecular weight is 500 g/mol. The summed E-state index contributed by atoms with van der Waals surface area (Å²) in [5.74, 6) is -3.89. The lowest BCUT2D eigenvalue weighted by molar-refractivity contribution is -0.232. The van der Waals surface area contributed by atoms with Gasteiger partial charge in [-0.1, -0.05) is 6.07 Å². The van der Waals surface area contributed by atoms with Crippen LogP contribution in [0, 0.1) is 10.8 Å². The fraction of sp³-hybridized carbons (Fsp3) is 0.476. The zero-order chi connectivity index (χ0) is 25.4. The van der Waals surface area contributed by atoms with Gasteiger partial charge in [0.25, 0.3) is 5.91 Å². The quantitative estimate of drug-likeness (QED) is 0.152. The van der Waals surface area contributed by atoms with Crippen molar-refractivity contribution in [3.05, 3.63) is 23.8 Å². The van der Waals surface area contributed by atoms with Crippen molar-refractivity contribution < 1.29 is 34.1 Å². The highest BCUT2D eigenvalue weighted by molar-refractivity contribution is 6.02. The molecular formula is C21H24N8O7. The van der Waals surface area contributed by atoms with Gasteiger partial charge in [-0.25, -0.2) is 0 Å². The minimum absolute atomic E-state index is 0.0461. The largest absolute Gasteiger partial charge is 0.454 e. The number of nitrogens with one attached hydrogen (secondary N) is 6. The minimum Gasteiger partial charge on any atom is -0.454 e. The van der Waals surface area contributed by atoms with Crippen LogP contribution in [-0.4, -0.2) is 99.1 Å². The Hall–Kier alpha value is -4.11. The number of imide groups is 1. The van der Waals surface area contributed by atoms with Gasteiger partial charge in [-0.15, -0.1) is 0 Å². The fourth-order valence-electron chi connectivity index (χ4n) is 5.70. The summed E-state index contributed by atoms with van der Waals surface area (Å²) in [6.07, 6.45) is 0.171. The maximum Gasteiger partial charge on any atom is 0.255 e. The first-order valence-corrected chi connectivity index (χ1v) is 11.4. The molecule has 4 saturated heterocycles. The highest BCUT2D eigenvalue weighted by Gasteiger charge is 2.74. The zero-order valence-electron chi connectivity index (χ0n) is 18.8. The predicted octanol–water partition coefficient (Wildman–Crippen LogP) is -3.24. The van der Waals surface area contributed by atoms with E-state index in [9.17, 15) is 24.6 Å². The summed E-state index contributed by atoms with van der Waals surface area (Å²) in [5, 5.41) is 50.8. The first-order valence-electron chi connectivity index (χ1n) is 11.4. The van der Waals surface area contributed by atoms with Crippen LogP contribution < -0.4 is 30.7 Å². The van der Waals surface area contributed by atoms with Crippen molar-refractivity contribution in [2.45, 2.75) is 42.4 Å². The lowest BCUT2D eigenvalue weighted by Gasteiger charge is -2.51. The van der Waals surface area contributed by atoms with Crippen molar-refractivity contribution >= 4 is 29.6 Å². The number of likely N-dealkylation sites (tertiary alicyclic amines) is 1. The number of guanidine groups is 2. The second-order valence-corrected chi connectivity index (χ2v) is 9.29. The maximum absolute atomic E-state index is 13.1. The molecule has 8 N–H and O–H groups in total. The molecule has 0 aliphatic carbocycles. The predicted molar refractivity (Wildman–Crippen MR) is 119 cm³/mol. The van der Waals surface area contributed by atoms with Crippen LogP contribution in [0.3, 0.4) is 0 Å². The van der Waals surface area contributed by atoms with Crippen LogP contribution >= 0.6 is 0 Å². The molecule has 0 radical (unpaired) electrons. The highest BCUT2D eigenvalue weighted by atomic mass is 16.7. The topological polar surface area (TPSA) is 212 Å². The Morgan fingerprint density at radius 3 is 2.67 bits per heavy atom. The summed E-state index contributed by atoms with van der Waals surface area (Å²) in [7, 11) is 0. The lowest BCUT2D eigenvalue weighted by Crippen LogP contribution is -2.81. The molecule has 3 amide bonds. The van der Waals surface area contributed by atoms with Crippen LogP contribution in [0.25, 0.3) is 0 Å². The number of aliphatic hydroxyl groups is 2. The number of amides is 3. The molecule has 4 fully saturated rings. The molecule has 1 aromatic carbocycles. The Morgan fingerprint density at radius 1 is 1.17 bits per heavy atom. The van der Waals surface area contributed by atoms with Gasteiger partial charge in [0, 0.05) is 19.4 Å².